The van der Waals surface area contributed by atoms with Gasteiger partial charge in [0, 0.05) is 72.6 Å². The number of hydrogen-bond donors (Lipinski definition) is 0. The third kappa shape index (κ3) is 10.5. The maximum absolute atomic E-state index is 5.17. The summed E-state index contributed by atoms with van der Waals surface area (Å²) in [6.45, 7) is 0. The van der Waals surface area contributed by atoms with Gasteiger partial charge in [0.15, 0.2) is 0 Å². The van der Waals surface area contributed by atoms with Gasteiger partial charge in [-0.25, -0.2) is 0 Å². The zero-order chi connectivity index (χ0) is 64.5. The molecule has 0 bridgehead atoms. The lowest BCUT2D eigenvalue weighted by molar-refractivity contribution is 1.18. The van der Waals surface area contributed by atoms with Crippen molar-refractivity contribution in [1.82, 2.24) is 13.3 Å². The summed E-state index contributed by atoms with van der Waals surface area (Å²) in [5.74, 6) is 0. The lowest BCUT2D eigenvalue weighted by Gasteiger charge is -2.42. The molecule has 17 aromatic rings. The molecule has 462 valence electrons. The first-order valence-electron chi connectivity index (χ1n) is 32.7. The van der Waals surface area contributed by atoms with Crippen LogP contribution in [0.1, 0.15) is 0 Å². The van der Waals surface area contributed by atoms with Crippen LogP contribution in [0, 0.1) is 0 Å². The summed E-state index contributed by atoms with van der Waals surface area (Å²) in [5.41, 5.74) is 17.1. The molecule has 97 heavy (non-hydrogen) atoms. The quantitative estimate of drug-likeness (QED) is 0.0967. The second-order valence-corrected chi connectivity index (χ2v) is 30.9. The fraction of sp³-hybridized carbons (Fsp3) is 0. The van der Waals surface area contributed by atoms with Gasteiger partial charge in [0.05, 0.1) is 28.4 Å². The molecule has 15 aromatic carbocycles. The number of anilines is 3. The summed E-state index contributed by atoms with van der Waals surface area (Å²) in [6, 6.07) is 143. The standard InChI is InChI=1S/C90H64N4S3/c1-8-24-65(25-9-1)66-44-55-74(56-45-66)94-86-39-23-22-38-84(86)85-64-71(50-62-87(85)94)83-61-63-88(90-89(83)91-95-92-90)93(72-51-40-67(41-52-72)69-46-57-81(58-47-69)96(75-26-10-2-11-27-75,76-28-12-3-13-29-76)77-30-14-4-15-31-77)73-53-42-68(43-54-73)70-48-59-82(60-49-70)97(78-32-16-5-17-33-78,79-34-18-6-19-35-79)80-36-20-7-21-37-80/h1-64H. The molecule has 0 fully saturated rings. The van der Waals surface area contributed by atoms with E-state index in [0.717, 1.165) is 78.2 Å². The molecule has 0 aliphatic carbocycles. The molecule has 0 N–H and O–H groups in total. The van der Waals surface area contributed by atoms with Crippen LogP contribution in [0.2, 0.25) is 0 Å². The molecule has 0 radical (unpaired) electrons. The Kier molecular flexibility index (Phi) is 15.6. The summed E-state index contributed by atoms with van der Waals surface area (Å²) in [6.07, 6.45) is 0. The van der Waals surface area contributed by atoms with Crippen LogP contribution >= 0.6 is 31.8 Å². The topological polar surface area (TPSA) is 34.0 Å². The van der Waals surface area contributed by atoms with E-state index < -0.39 is 20.1 Å². The Morgan fingerprint density at radius 2 is 0.567 bits per heavy atom. The van der Waals surface area contributed by atoms with Crippen LogP contribution in [0.4, 0.5) is 17.1 Å². The number of rotatable bonds is 16. The minimum Gasteiger partial charge on any atom is -0.309 e. The monoisotopic (exact) mass is 1300 g/mol. The first-order chi connectivity index (χ1) is 48.1. The van der Waals surface area contributed by atoms with Gasteiger partial charge in [-0.2, -0.15) is 8.75 Å². The van der Waals surface area contributed by atoms with Crippen molar-refractivity contribution >= 4 is 81.7 Å². The second kappa shape index (κ2) is 25.6. The largest absolute Gasteiger partial charge is 0.309 e. The molecular formula is C90H64N4S3. The van der Waals surface area contributed by atoms with E-state index >= 15 is 0 Å². The van der Waals surface area contributed by atoms with Crippen molar-refractivity contribution in [3.05, 3.63) is 388 Å². The van der Waals surface area contributed by atoms with Crippen LogP contribution < -0.4 is 4.90 Å². The lowest BCUT2D eigenvalue weighted by Crippen LogP contribution is -2.10. The average molecular weight is 1300 g/mol. The summed E-state index contributed by atoms with van der Waals surface area (Å²) in [7, 11) is -3.68. The Hall–Kier alpha value is -11.6. The van der Waals surface area contributed by atoms with Crippen LogP contribution in [0.15, 0.2) is 427 Å². The zero-order valence-electron chi connectivity index (χ0n) is 53.0. The number of aromatic nitrogens is 3. The SMILES string of the molecule is c1ccc(-c2ccc(-n3c4ccccc4c4cc(-c5ccc(N(c6ccc(-c7ccc(S(c8ccccc8)(c8ccccc8)c8ccccc8)cc7)cc6)c6ccc(-c7ccc(S(c8ccccc8)(c8ccccc8)c8ccccc8)cc7)cc6)c6nsnc56)ccc43)cc2)cc1. The molecular weight excluding hydrogens is 1230 g/mol. The van der Waals surface area contributed by atoms with Crippen LogP contribution in [-0.2, 0) is 0 Å². The van der Waals surface area contributed by atoms with Gasteiger partial charge < -0.3 is 9.47 Å². The molecule has 0 spiro atoms. The average Bonchev–Trinajstić information content (AvgIpc) is 1.34. The van der Waals surface area contributed by atoms with E-state index in [1.165, 1.54) is 72.8 Å². The van der Waals surface area contributed by atoms with E-state index in [1.807, 2.05) is 0 Å². The van der Waals surface area contributed by atoms with Crippen molar-refractivity contribution in [3.8, 4) is 50.2 Å². The van der Waals surface area contributed by atoms with E-state index in [1.54, 1.807) is 0 Å². The summed E-state index contributed by atoms with van der Waals surface area (Å²) in [5, 5.41) is 2.38. The van der Waals surface area contributed by atoms with Gasteiger partial charge in [-0.3, -0.25) is 0 Å². The molecule has 0 saturated carbocycles. The van der Waals surface area contributed by atoms with E-state index in [-0.39, 0.29) is 0 Å². The predicted octanol–water partition coefficient (Wildman–Crippen LogP) is 25.6. The van der Waals surface area contributed by atoms with Crippen molar-refractivity contribution in [2.75, 3.05) is 4.90 Å². The van der Waals surface area contributed by atoms with E-state index in [0.29, 0.717) is 0 Å². The maximum atomic E-state index is 5.17. The fourth-order valence-electron chi connectivity index (χ4n) is 14.2. The Morgan fingerprint density at radius 3 is 0.990 bits per heavy atom. The molecule has 0 aliphatic heterocycles. The van der Waals surface area contributed by atoms with E-state index in [4.69, 9.17) is 8.75 Å². The van der Waals surface area contributed by atoms with Gasteiger partial charge in [-0.15, -0.1) is 20.1 Å². The molecule has 2 heterocycles. The molecule has 0 unspecified atom stereocenters. The Labute approximate surface area is 573 Å². The number of benzene rings is 15. The minimum atomic E-state index is -1.84. The predicted molar refractivity (Wildman–Crippen MR) is 408 cm³/mol. The highest BCUT2D eigenvalue weighted by Crippen LogP contribution is 2.75. The second-order valence-electron chi connectivity index (χ2n) is 24.2. The third-order valence-corrected chi connectivity index (χ3v) is 27.1. The summed E-state index contributed by atoms with van der Waals surface area (Å²) < 4.78 is 12.7. The van der Waals surface area contributed by atoms with Crippen molar-refractivity contribution in [2.24, 2.45) is 0 Å². The molecule has 0 saturated heterocycles. The van der Waals surface area contributed by atoms with Crippen molar-refractivity contribution in [3.63, 3.8) is 0 Å². The zero-order valence-corrected chi connectivity index (χ0v) is 55.4. The van der Waals surface area contributed by atoms with Gasteiger partial charge in [0.1, 0.15) is 11.0 Å². The lowest BCUT2D eigenvalue weighted by atomic mass is 9.99. The Balaban J connectivity index is 0.756. The van der Waals surface area contributed by atoms with Gasteiger partial charge in [-0.05, 0) is 203 Å². The number of hydrogen-bond acceptors (Lipinski definition) is 4. The Morgan fingerprint density at radius 1 is 0.247 bits per heavy atom. The van der Waals surface area contributed by atoms with Gasteiger partial charge >= 0.3 is 0 Å². The highest BCUT2D eigenvalue weighted by atomic mass is 32.3. The van der Waals surface area contributed by atoms with Gasteiger partial charge in [-0.1, -0.05) is 224 Å². The molecule has 0 amide bonds. The Bertz CT molecular complexity index is 5150. The van der Waals surface area contributed by atoms with Gasteiger partial charge in [0.2, 0.25) is 0 Å². The summed E-state index contributed by atoms with van der Waals surface area (Å²) in [4.78, 5) is 12.7. The van der Waals surface area contributed by atoms with E-state index in [2.05, 4.69) is 398 Å². The van der Waals surface area contributed by atoms with Crippen LogP contribution in [0.5, 0.6) is 0 Å². The van der Waals surface area contributed by atoms with Crippen molar-refractivity contribution in [1.29, 1.82) is 0 Å². The molecule has 2 aromatic heterocycles. The van der Waals surface area contributed by atoms with Crippen LogP contribution in [0.25, 0.3) is 83.0 Å². The third-order valence-electron chi connectivity index (χ3n) is 18.8. The van der Waals surface area contributed by atoms with E-state index in [9.17, 15) is 0 Å². The molecule has 4 nitrogen and oxygen atoms in total. The number of para-hydroxylation sites is 1. The van der Waals surface area contributed by atoms with Gasteiger partial charge in [0.25, 0.3) is 0 Å². The normalized spacial score (nSPS) is 12.0. The summed E-state index contributed by atoms with van der Waals surface area (Å²) >= 11 is 1.26. The molecule has 17 rings (SSSR count). The van der Waals surface area contributed by atoms with Crippen LogP contribution in [-0.4, -0.2) is 13.3 Å². The number of nitrogens with zero attached hydrogens (tertiary/aromatic N) is 4. The highest BCUT2D eigenvalue weighted by molar-refractivity contribution is 8.34. The molecule has 0 aliphatic rings. The minimum absolute atomic E-state index is 0.838. The smallest absolute Gasteiger partial charge is 0.129 e. The van der Waals surface area contributed by atoms with Crippen molar-refractivity contribution < 1.29 is 0 Å². The first kappa shape index (κ1) is 59.2. The molecule has 0 atom stereocenters. The maximum Gasteiger partial charge on any atom is 0.129 e. The first-order valence-corrected chi connectivity index (χ1v) is 36.7. The fourth-order valence-corrected chi connectivity index (χ4v) is 22.6. The van der Waals surface area contributed by atoms with Crippen molar-refractivity contribution in [2.45, 2.75) is 39.2 Å². The number of fused-ring (bicyclic) bond motifs is 4. The highest BCUT2D eigenvalue weighted by Gasteiger charge is 2.35. The van der Waals surface area contributed by atoms with Crippen LogP contribution in [0.3, 0.4) is 0 Å². The molecule has 7 heteroatoms.